The lowest BCUT2D eigenvalue weighted by Crippen LogP contribution is -1.95. The third-order valence-corrected chi connectivity index (χ3v) is 1.51. The number of nitrogens with zero attached hydrogens (tertiary/aromatic N) is 2. The minimum Gasteiger partial charge on any atom is -0.477 e. The van der Waals surface area contributed by atoms with Crippen LogP contribution in [-0.4, -0.2) is 26.4 Å². The summed E-state index contributed by atoms with van der Waals surface area (Å²) in [6.45, 7) is 0. The number of aromatic amines is 1. The molecular formula is C7H5N3O3. The van der Waals surface area contributed by atoms with Crippen molar-refractivity contribution >= 4 is 5.97 Å². The summed E-state index contributed by atoms with van der Waals surface area (Å²) in [5.41, 5.74) is 0.980. The molecule has 0 aromatic carbocycles. The largest absolute Gasteiger partial charge is 0.477 e. The third kappa shape index (κ3) is 1.28. The second-order valence-corrected chi connectivity index (χ2v) is 2.36. The Morgan fingerprint density at radius 3 is 2.92 bits per heavy atom. The van der Waals surface area contributed by atoms with Crippen LogP contribution in [0.4, 0.5) is 0 Å². The first-order valence-electron chi connectivity index (χ1n) is 3.47. The first kappa shape index (κ1) is 7.53. The summed E-state index contributed by atoms with van der Waals surface area (Å²) in [7, 11) is 0. The Balaban J connectivity index is 2.39. The molecule has 0 spiro atoms. The molecule has 2 N–H and O–H groups in total. The molecule has 0 bridgehead atoms. The Labute approximate surface area is 72.2 Å². The minimum absolute atomic E-state index is 0.0259. The monoisotopic (exact) mass is 179 g/mol. The van der Waals surface area contributed by atoms with Gasteiger partial charge in [-0.3, -0.25) is 5.10 Å². The highest BCUT2D eigenvalue weighted by molar-refractivity contribution is 5.86. The molecule has 0 atom stereocenters. The van der Waals surface area contributed by atoms with E-state index in [9.17, 15) is 4.79 Å². The van der Waals surface area contributed by atoms with Crippen LogP contribution >= 0.6 is 0 Å². The average Bonchev–Trinajstić information content (AvgIpc) is 2.75. The SMILES string of the molecule is O=C(O)c1cc(-c2ccon2)n[nH]1. The Kier molecular flexibility index (Phi) is 1.59. The van der Waals surface area contributed by atoms with Gasteiger partial charge in [-0.15, -0.1) is 0 Å². The maximum absolute atomic E-state index is 10.5. The van der Waals surface area contributed by atoms with Gasteiger partial charge in [0.05, 0.1) is 0 Å². The van der Waals surface area contributed by atoms with Crippen LogP contribution in [-0.2, 0) is 0 Å². The summed E-state index contributed by atoms with van der Waals surface area (Å²) >= 11 is 0. The van der Waals surface area contributed by atoms with Gasteiger partial charge in [-0.05, 0) is 0 Å². The predicted molar refractivity (Wildman–Crippen MR) is 41.0 cm³/mol. The molecule has 6 heteroatoms. The van der Waals surface area contributed by atoms with Crippen LogP contribution in [0, 0.1) is 0 Å². The van der Waals surface area contributed by atoms with Gasteiger partial charge >= 0.3 is 5.97 Å². The molecule has 0 saturated carbocycles. The molecule has 6 nitrogen and oxygen atoms in total. The standard InChI is InChI=1S/C7H5N3O3/c11-7(12)6-3-5(8-9-6)4-1-2-13-10-4/h1-3H,(H,8,9)(H,11,12). The molecule has 2 aromatic heterocycles. The topological polar surface area (TPSA) is 92.0 Å². The summed E-state index contributed by atoms with van der Waals surface area (Å²) < 4.78 is 4.59. The smallest absolute Gasteiger partial charge is 0.353 e. The van der Waals surface area contributed by atoms with Gasteiger partial charge in [0.2, 0.25) is 0 Å². The molecule has 2 heterocycles. The number of carbonyl (C=O) groups is 1. The molecule has 66 valence electrons. The number of aromatic nitrogens is 3. The molecule has 0 aliphatic heterocycles. The predicted octanol–water partition coefficient (Wildman–Crippen LogP) is 0.763. The zero-order valence-corrected chi connectivity index (χ0v) is 6.39. The van der Waals surface area contributed by atoms with E-state index in [1.807, 2.05) is 0 Å². The highest BCUT2D eigenvalue weighted by Gasteiger charge is 2.10. The quantitative estimate of drug-likeness (QED) is 0.710. The van der Waals surface area contributed by atoms with Crippen LogP contribution in [0.25, 0.3) is 11.4 Å². The van der Waals surface area contributed by atoms with E-state index in [1.165, 1.54) is 12.3 Å². The van der Waals surface area contributed by atoms with Crippen LogP contribution in [0.15, 0.2) is 22.9 Å². The lowest BCUT2D eigenvalue weighted by molar-refractivity contribution is 0.0690. The van der Waals surface area contributed by atoms with E-state index < -0.39 is 5.97 Å². The summed E-state index contributed by atoms with van der Waals surface area (Å²) in [6.07, 6.45) is 1.39. The Bertz CT molecular complexity index is 418. The van der Waals surface area contributed by atoms with Crippen molar-refractivity contribution in [3.8, 4) is 11.4 Å². The minimum atomic E-state index is -1.05. The molecule has 0 radical (unpaired) electrons. The maximum atomic E-state index is 10.5. The molecule has 13 heavy (non-hydrogen) atoms. The first-order chi connectivity index (χ1) is 6.27. The molecule has 0 aliphatic carbocycles. The summed E-state index contributed by atoms with van der Waals surface area (Å²) in [5.74, 6) is -1.05. The fourth-order valence-corrected chi connectivity index (χ4v) is 0.907. The van der Waals surface area contributed by atoms with Crippen molar-refractivity contribution in [3.63, 3.8) is 0 Å². The molecule has 2 rings (SSSR count). The van der Waals surface area contributed by atoms with E-state index in [-0.39, 0.29) is 5.69 Å². The highest BCUT2D eigenvalue weighted by atomic mass is 16.5. The number of hydrogen-bond donors (Lipinski definition) is 2. The average molecular weight is 179 g/mol. The van der Waals surface area contributed by atoms with E-state index in [0.717, 1.165) is 0 Å². The zero-order chi connectivity index (χ0) is 9.26. The maximum Gasteiger partial charge on any atom is 0.353 e. The molecule has 2 aromatic rings. The summed E-state index contributed by atoms with van der Waals surface area (Å²) in [4.78, 5) is 10.5. The fourth-order valence-electron chi connectivity index (χ4n) is 0.907. The van der Waals surface area contributed by atoms with Gasteiger partial charge in [-0.1, -0.05) is 5.16 Å². The molecule has 0 amide bonds. The second-order valence-electron chi connectivity index (χ2n) is 2.36. The fraction of sp³-hybridized carbons (Fsp3) is 0. The van der Waals surface area contributed by atoms with Gasteiger partial charge in [-0.2, -0.15) is 5.10 Å². The molecule has 0 aliphatic rings. The number of nitrogens with one attached hydrogen (secondary N) is 1. The second kappa shape index (κ2) is 2.74. The van der Waals surface area contributed by atoms with Crippen molar-refractivity contribution in [2.24, 2.45) is 0 Å². The van der Waals surface area contributed by atoms with Crippen molar-refractivity contribution in [2.45, 2.75) is 0 Å². The lowest BCUT2D eigenvalue weighted by Gasteiger charge is -1.81. The van der Waals surface area contributed by atoms with Crippen molar-refractivity contribution in [1.82, 2.24) is 15.4 Å². The zero-order valence-electron chi connectivity index (χ0n) is 6.39. The molecule has 0 saturated heterocycles. The summed E-state index contributed by atoms with van der Waals surface area (Å²) in [6, 6.07) is 2.99. The number of H-pyrrole nitrogens is 1. The third-order valence-electron chi connectivity index (χ3n) is 1.51. The summed E-state index contributed by atoms with van der Waals surface area (Å²) in [5, 5.41) is 18.3. The molecule has 0 fully saturated rings. The van der Waals surface area contributed by atoms with Crippen molar-refractivity contribution < 1.29 is 14.4 Å². The Morgan fingerprint density at radius 2 is 2.38 bits per heavy atom. The van der Waals surface area contributed by atoms with Gasteiger partial charge in [0.25, 0.3) is 0 Å². The Morgan fingerprint density at radius 1 is 1.54 bits per heavy atom. The normalized spacial score (nSPS) is 10.2. The van der Waals surface area contributed by atoms with Crippen molar-refractivity contribution in [3.05, 3.63) is 24.1 Å². The van der Waals surface area contributed by atoms with Crippen LogP contribution in [0.3, 0.4) is 0 Å². The Hall–Kier alpha value is -2.11. The van der Waals surface area contributed by atoms with Crippen molar-refractivity contribution in [2.75, 3.05) is 0 Å². The number of rotatable bonds is 2. The van der Waals surface area contributed by atoms with Gasteiger partial charge in [0.15, 0.2) is 0 Å². The molecular weight excluding hydrogens is 174 g/mol. The van der Waals surface area contributed by atoms with Crippen LogP contribution in [0.5, 0.6) is 0 Å². The van der Waals surface area contributed by atoms with Crippen LogP contribution in [0.2, 0.25) is 0 Å². The van der Waals surface area contributed by atoms with Gasteiger partial charge in [0.1, 0.15) is 23.3 Å². The number of carboxylic acid groups (broad SMARTS) is 1. The van der Waals surface area contributed by atoms with E-state index in [0.29, 0.717) is 11.4 Å². The number of hydrogen-bond acceptors (Lipinski definition) is 4. The van der Waals surface area contributed by atoms with E-state index in [2.05, 4.69) is 19.9 Å². The van der Waals surface area contributed by atoms with Gasteiger partial charge in [0, 0.05) is 12.1 Å². The van der Waals surface area contributed by atoms with E-state index in [1.54, 1.807) is 6.07 Å². The van der Waals surface area contributed by atoms with Gasteiger partial charge < -0.3 is 9.63 Å². The lowest BCUT2D eigenvalue weighted by atomic mass is 10.3. The van der Waals surface area contributed by atoms with Crippen LogP contribution in [0.1, 0.15) is 10.5 Å². The van der Waals surface area contributed by atoms with E-state index in [4.69, 9.17) is 5.11 Å². The van der Waals surface area contributed by atoms with Gasteiger partial charge in [-0.25, -0.2) is 4.79 Å². The van der Waals surface area contributed by atoms with Crippen LogP contribution < -0.4 is 0 Å². The first-order valence-corrected chi connectivity index (χ1v) is 3.47. The number of carboxylic acids is 1. The number of aromatic carboxylic acids is 1. The molecule has 0 unspecified atom stereocenters. The van der Waals surface area contributed by atoms with E-state index >= 15 is 0 Å². The highest BCUT2D eigenvalue weighted by Crippen LogP contribution is 2.14. The van der Waals surface area contributed by atoms with Crippen molar-refractivity contribution in [1.29, 1.82) is 0 Å².